The lowest BCUT2D eigenvalue weighted by Crippen LogP contribution is -2.23. The van der Waals surface area contributed by atoms with E-state index in [1.54, 1.807) is 35.8 Å². The summed E-state index contributed by atoms with van der Waals surface area (Å²) in [4.78, 5) is 4.24. The zero-order valence-electron chi connectivity index (χ0n) is 9.54. The average Bonchev–Trinajstić information content (AvgIpc) is 2.90. The van der Waals surface area contributed by atoms with E-state index in [4.69, 9.17) is 5.73 Å². The van der Waals surface area contributed by atoms with E-state index in [2.05, 4.69) is 9.71 Å². The summed E-state index contributed by atoms with van der Waals surface area (Å²) in [5, 5.41) is 2.53. The van der Waals surface area contributed by atoms with Crippen molar-refractivity contribution in [2.45, 2.75) is 18.0 Å². The Morgan fingerprint density at radius 2 is 2.22 bits per heavy atom. The molecule has 0 saturated heterocycles. The van der Waals surface area contributed by atoms with Gasteiger partial charge in [0, 0.05) is 18.1 Å². The number of hydrogen-bond acceptors (Lipinski definition) is 5. The van der Waals surface area contributed by atoms with Crippen LogP contribution in [0.25, 0.3) is 0 Å². The number of nitrogens with zero attached hydrogens (tertiary/aromatic N) is 1. The normalized spacial score (nSPS) is 11.6. The lowest BCUT2D eigenvalue weighted by Gasteiger charge is -2.06. The first-order valence-corrected chi connectivity index (χ1v) is 7.65. The molecule has 7 heteroatoms. The van der Waals surface area contributed by atoms with E-state index in [0.29, 0.717) is 6.54 Å². The predicted molar refractivity (Wildman–Crippen MR) is 70.5 cm³/mol. The molecular formula is C11H13N3O2S2. The minimum atomic E-state index is -3.51. The second kappa shape index (κ2) is 5.57. The quantitative estimate of drug-likeness (QED) is 0.860. The Balaban J connectivity index is 2.14. The molecule has 18 heavy (non-hydrogen) atoms. The molecule has 2 aromatic rings. The molecule has 0 aliphatic heterocycles. The van der Waals surface area contributed by atoms with Gasteiger partial charge < -0.3 is 5.73 Å². The number of nitrogens with two attached hydrogens (primary N) is 1. The number of hydrogen-bond donors (Lipinski definition) is 2. The van der Waals surface area contributed by atoms with E-state index in [1.165, 1.54) is 11.3 Å². The van der Waals surface area contributed by atoms with Gasteiger partial charge in [-0.25, -0.2) is 18.1 Å². The largest absolute Gasteiger partial charge is 0.326 e. The van der Waals surface area contributed by atoms with Crippen LogP contribution in [0.3, 0.4) is 0 Å². The Hall–Kier alpha value is -1.28. The van der Waals surface area contributed by atoms with Crippen molar-refractivity contribution >= 4 is 21.4 Å². The first-order chi connectivity index (χ1) is 8.62. The average molecular weight is 283 g/mol. The van der Waals surface area contributed by atoms with Gasteiger partial charge in [-0.05, 0) is 17.7 Å². The van der Waals surface area contributed by atoms with Gasteiger partial charge >= 0.3 is 0 Å². The minimum absolute atomic E-state index is 0.201. The topological polar surface area (TPSA) is 85.1 Å². The standard InChI is InChI=1S/C11H13N3O2S2/c12-7-9-2-1-3-10(6-9)18(15,16)14-8-11-13-4-5-17-11/h1-6,14H,7-8,12H2. The van der Waals surface area contributed by atoms with E-state index in [0.717, 1.165) is 10.6 Å². The second-order valence-corrected chi connectivity index (χ2v) is 6.35. The third-order valence-electron chi connectivity index (χ3n) is 2.34. The Morgan fingerprint density at radius 1 is 1.39 bits per heavy atom. The third-order valence-corrected chi connectivity index (χ3v) is 4.52. The molecule has 0 radical (unpaired) electrons. The van der Waals surface area contributed by atoms with Crippen LogP contribution in [0.2, 0.25) is 0 Å². The molecular weight excluding hydrogens is 270 g/mol. The fourth-order valence-electron chi connectivity index (χ4n) is 1.42. The smallest absolute Gasteiger partial charge is 0.240 e. The summed E-state index contributed by atoms with van der Waals surface area (Å²) in [6, 6.07) is 6.59. The highest BCUT2D eigenvalue weighted by Gasteiger charge is 2.14. The molecule has 96 valence electrons. The van der Waals surface area contributed by atoms with Crippen molar-refractivity contribution in [2.75, 3.05) is 0 Å². The monoisotopic (exact) mass is 283 g/mol. The van der Waals surface area contributed by atoms with E-state index in [1.807, 2.05) is 0 Å². The predicted octanol–water partition coefficient (Wildman–Crippen LogP) is 1.08. The van der Waals surface area contributed by atoms with Gasteiger partial charge in [0.2, 0.25) is 10.0 Å². The molecule has 0 spiro atoms. The van der Waals surface area contributed by atoms with Crippen LogP contribution in [0.1, 0.15) is 10.6 Å². The zero-order chi connectivity index (χ0) is 13.0. The molecule has 5 nitrogen and oxygen atoms in total. The molecule has 1 aromatic heterocycles. The highest BCUT2D eigenvalue weighted by molar-refractivity contribution is 7.89. The molecule has 1 heterocycles. The van der Waals surface area contributed by atoms with Crippen LogP contribution < -0.4 is 10.5 Å². The van der Waals surface area contributed by atoms with E-state index < -0.39 is 10.0 Å². The van der Waals surface area contributed by atoms with Crippen molar-refractivity contribution in [1.29, 1.82) is 0 Å². The van der Waals surface area contributed by atoms with Gasteiger partial charge in [-0.2, -0.15) is 0 Å². The van der Waals surface area contributed by atoms with Crippen LogP contribution in [-0.4, -0.2) is 13.4 Å². The minimum Gasteiger partial charge on any atom is -0.326 e. The maximum Gasteiger partial charge on any atom is 0.240 e. The summed E-state index contributed by atoms with van der Waals surface area (Å²) in [5.41, 5.74) is 6.27. The van der Waals surface area contributed by atoms with Crippen LogP contribution in [0.5, 0.6) is 0 Å². The maximum absolute atomic E-state index is 12.0. The fourth-order valence-corrected chi connectivity index (χ4v) is 3.13. The number of aromatic nitrogens is 1. The number of nitrogens with one attached hydrogen (secondary N) is 1. The van der Waals surface area contributed by atoms with Crippen LogP contribution in [0.15, 0.2) is 40.7 Å². The summed E-state index contributed by atoms with van der Waals surface area (Å²) < 4.78 is 26.5. The van der Waals surface area contributed by atoms with Crippen molar-refractivity contribution in [3.8, 4) is 0 Å². The SMILES string of the molecule is NCc1cccc(S(=O)(=O)NCc2nccs2)c1. The van der Waals surface area contributed by atoms with Crippen molar-refractivity contribution in [3.63, 3.8) is 0 Å². The molecule has 0 atom stereocenters. The molecule has 0 amide bonds. The molecule has 0 aliphatic carbocycles. The van der Waals surface area contributed by atoms with Crippen LogP contribution >= 0.6 is 11.3 Å². The van der Waals surface area contributed by atoms with E-state index >= 15 is 0 Å². The number of benzene rings is 1. The summed E-state index contributed by atoms with van der Waals surface area (Å²) in [7, 11) is -3.51. The Morgan fingerprint density at radius 3 is 2.89 bits per heavy atom. The molecule has 1 aromatic carbocycles. The first kappa shape index (κ1) is 13.2. The van der Waals surface area contributed by atoms with Gasteiger partial charge in [0.05, 0.1) is 11.4 Å². The van der Waals surface area contributed by atoms with Gasteiger partial charge in [0.15, 0.2) is 0 Å². The highest BCUT2D eigenvalue weighted by atomic mass is 32.2. The summed E-state index contributed by atoms with van der Waals surface area (Å²) >= 11 is 1.41. The van der Waals surface area contributed by atoms with Gasteiger partial charge in [0.25, 0.3) is 0 Å². The van der Waals surface area contributed by atoms with Crippen LogP contribution in [0, 0.1) is 0 Å². The van der Waals surface area contributed by atoms with Crippen molar-refractivity contribution < 1.29 is 8.42 Å². The van der Waals surface area contributed by atoms with Crippen LogP contribution in [0.4, 0.5) is 0 Å². The summed E-state index contributed by atoms with van der Waals surface area (Å²) in [6.07, 6.45) is 1.64. The van der Waals surface area contributed by atoms with Gasteiger partial charge in [0.1, 0.15) is 5.01 Å². The first-order valence-electron chi connectivity index (χ1n) is 5.29. The Kier molecular flexibility index (Phi) is 4.07. The van der Waals surface area contributed by atoms with Crippen molar-refractivity contribution in [1.82, 2.24) is 9.71 Å². The number of sulfonamides is 1. The number of rotatable bonds is 5. The molecule has 0 saturated carbocycles. The van der Waals surface area contributed by atoms with Crippen molar-refractivity contribution in [2.24, 2.45) is 5.73 Å². The van der Waals surface area contributed by atoms with Gasteiger partial charge in [-0.3, -0.25) is 0 Å². The Labute approximate surface area is 110 Å². The maximum atomic E-state index is 12.0. The molecule has 2 rings (SSSR count). The summed E-state index contributed by atoms with van der Waals surface area (Å²) in [5.74, 6) is 0. The molecule has 0 bridgehead atoms. The highest BCUT2D eigenvalue weighted by Crippen LogP contribution is 2.12. The molecule has 0 unspecified atom stereocenters. The third kappa shape index (κ3) is 3.14. The van der Waals surface area contributed by atoms with E-state index in [-0.39, 0.29) is 11.4 Å². The van der Waals surface area contributed by atoms with Gasteiger partial charge in [-0.15, -0.1) is 11.3 Å². The van der Waals surface area contributed by atoms with Crippen LogP contribution in [-0.2, 0) is 23.1 Å². The molecule has 0 aliphatic rings. The number of thiazole rings is 1. The zero-order valence-corrected chi connectivity index (χ0v) is 11.2. The lowest BCUT2D eigenvalue weighted by molar-refractivity contribution is 0.581. The molecule has 3 N–H and O–H groups in total. The molecule has 0 fully saturated rings. The summed E-state index contributed by atoms with van der Waals surface area (Å²) in [6.45, 7) is 0.517. The lowest BCUT2D eigenvalue weighted by atomic mass is 10.2. The Bertz CT molecular complexity index is 609. The van der Waals surface area contributed by atoms with E-state index in [9.17, 15) is 8.42 Å². The van der Waals surface area contributed by atoms with Gasteiger partial charge in [-0.1, -0.05) is 12.1 Å². The fraction of sp³-hybridized carbons (Fsp3) is 0.182. The van der Waals surface area contributed by atoms with Crippen molar-refractivity contribution in [3.05, 3.63) is 46.4 Å². The second-order valence-electron chi connectivity index (χ2n) is 3.60.